The lowest BCUT2D eigenvalue weighted by Crippen LogP contribution is -2.17. The number of nitrogens with zero attached hydrogens (tertiary/aromatic N) is 4. The molecule has 0 aliphatic rings. The van der Waals surface area contributed by atoms with Gasteiger partial charge in [-0.05, 0) is 29.7 Å². The summed E-state index contributed by atoms with van der Waals surface area (Å²) < 4.78 is 12.4. The Morgan fingerprint density at radius 2 is 2.00 bits per heavy atom. The molecule has 174 valence electrons. The Morgan fingerprint density at radius 1 is 1.24 bits per heavy atom. The highest BCUT2D eigenvalue weighted by Crippen LogP contribution is 2.36. The number of carbonyl (C=O) groups excluding carboxylic acids is 1. The first-order chi connectivity index (χ1) is 15.8. The molecule has 0 bridgehead atoms. The van der Waals surface area contributed by atoms with Crippen LogP contribution in [0.1, 0.15) is 36.8 Å². The number of aromatic nitrogens is 3. The van der Waals surface area contributed by atoms with Gasteiger partial charge in [0.25, 0.3) is 5.69 Å². The average molecular weight is 472 g/mol. The zero-order chi connectivity index (χ0) is 23.8. The van der Waals surface area contributed by atoms with Gasteiger partial charge in [-0.15, -0.1) is 0 Å². The molecular formula is C22H25N5O5S. The highest BCUT2D eigenvalue weighted by Gasteiger charge is 2.21. The molecule has 2 aromatic heterocycles. The van der Waals surface area contributed by atoms with Gasteiger partial charge in [0.1, 0.15) is 24.1 Å². The molecule has 3 rings (SSSR count). The summed E-state index contributed by atoms with van der Waals surface area (Å²) in [5.41, 5.74) is 6.90. The van der Waals surface area contributed by atoms with E-state index in [2.05, 4.69) is 4.98 Å². The number of ether oxygens (including phenoxy) is 2. The van der Waals surface area contributed by atoms with E-state index in [0.717, 1.165) is 21.2 Å². The van der Waals surface area contributed by atoms with Crippen LogP contribution in [0.4, 0.5) is 10.5 Å². The van der Waals surface area contributed by atoms with E-state index < -0.39 is 11.0 Å². The average Bonchev–Trinajstić information content (AvgIpc) is 3.11. The summed E-state index contributed by atoms with van der Waals surface area (Å²) in [5, 5.41) is 12.1. The predicted molar refractivity (Wildman–Crippen MR) is 122 cm³/mol. The molecule has 0 saturated carbocycles. The zero-order valence-corrected chi connectivity index (χ0v) is 19.2. The third kappa shape index (κ3) is 6.77. The number of hydrogen-bond donors (Lipinski definition) is 1. The molecule has 0 aliphatic heterocycles. The van der Waals surface area contributed by atoms with Crippen LogP contribution in [-0.2, 0) is 22.6 Å². The number of rotatable bonds is 11. The Hall–Kier alpha value is -3.44. The standard InChI is InChI=1S/C22H25N5O5S/c1-15(2)20-21(33-18-5-3-4-17(12-18)27(29)30)26(13-16-6-8-24-9-7-16)19(25-20)14-31-10-11-32-22(23)28/h3-9,12,15H,10-11,13-14H2,1-2H3,(H2,23,28). The minimum Gasteiger partial charge on any atom is -0.447 e. The van der Waals surface area contributed by atoms with E-state index in [0.29, 0.717) is 12.4 Å². The van der Waals surface area contributed by atoms with Crippen LogP contribution in [0.25, 0.3) is 0 Å². The number of carbonyl (C=O) groups is 1. The van der Waals surface area contributed by atoms with E-state index >= 15 is 0 Å². The molecule has 11 heteroatoms. The molecule has 0 radical (unpaired) electrons. The van der Waals surface area contributed by atoms with Crippen LogP contribution in [0, 0.1) is 10.1 Å². The van der Waals surface area contributed by atoms with Crippen LogP contribution < -0.4 is 5.73 Å². The number of nitrogens with two attached hydrogens (primary N) is 1. The maximum absolute atomic E-state index is 11.2. The van der Waals surface area contributed by atoms with E-state index in [4.69, 9.17) is 20.2 Å². The van der Waals surface area contributed by atoms with Gasteiger partial charge < -0.3 is 19.8 Å². The second-order valence-electron chi connectivity index (χ2n) is 7.39. The highest BCUT2D eigenvalue weighted by atomic mass is 32.2. The highest BCUT2D eigenvalue weighted by molar-refractivity contribution is 7.99. The summed E-state index contributed by atoms with van der Waals surface area (Å²) in [4.78, 5) is 31.2. The molecule has 0 fully saturated rings. The number of hydrogen-bond acceptors (Lipinski definition) is 8. The fourth-order valence-corrected chi connectivity index (χ4v) is 4.28. The van der Waals surface area contributed by atoms with Gasteiger partial charge in [0.2, 0.25) is 0 Å². The molecule has 2 N–H and O–H groups in total. The summed E-state index contributed by atoms with van der Waals surface area (Å²) >= 11 is 1.43. The van der Waals surface area contributed by atoms with E-state index in [-0.39, 0.29) is 31.4 Å². The molecule has 33 heavy (non-hydrogen) atoms. The van der Waals surface area contributed by atoms with Crippen LogP contribution in [0.5, 0.6) is 0 Å². The Morgan fingerprint density at radius 3 is 2.67 bits per heavy atom. The summed E-state index contributed by atoms with van der Waals surface area (Å²) in [6.07, 6.45) is 2.59. The Kier molecular flexibility index (Phi) is 8.39. The minimum absolute atomic E-state index is 0.0318. The van der Waals surface area contributed by atoms with Gasteiger partial charge in [0.05, 0.1) is 23.8 Å². The minimum atomic E-state index is -0.851. The van der Waals surface area contributed by atoms with Crippen LogP contribution in [0.2, 0.25) is 0 Å². The fourth-order valence-electron chi connectivity index (χ4n) is 3.07. The van der Waals surface area contributed by atoms with Gasteiger partial charge in [-0.25, -0.2) is 9.78 Å². The fraction of sp³-hybridized carbons (Fsp3) is 0.318. The third-order valence-corrected chi connectivity index (χ3v) is 5.72. The molecule has 10 nitrogen and oxygen atoms in total. The largest absolute Gasteiger partial charge is 0.447 e. The van der Waals surface area contributed by atoms with Crippen LogP contribution in [0.15, 0.2) is 58.7 Å². The summed E-state index contributed by atoms with van der Waals surface area (Å²) in [6.45, 7) is 5.03. The molecule has 0 spiro atoms. The molecular weight excluding hydrogens is 446 g/mol. The van der Waals surface area contributed by atoms with Crippen molar-refractivity contribution in [2.24, 2.45) is 5.73 Å². The zero-order valence-electron chi connectivity index (χ0n) is 18.3. The molecule has 0 aliphatic carbocycles. The van der Waals surface area contributed by atoms with Crippen LogP contribution in [-0.4, -0.2) is 38.8 Å². The van der Waals surface area contributed by atoms with Crippen molar-refractivity contribution in [3.05, 3.63) is 76.0 Å². The van der Waals surface area contributed by atoms with Gasteiger partial charge in [-0.3, -0.25) is 15.1 Å². The molecule has 1 amide bonds. The number of amides is 1. The van der Waals surface area contributed by atoms with Crippen molar-refractivity contribution in [3.8, 4) is 0 Å². The van der Waals surface area contributed by atoms with E-state index in [1.165, 1.54) is 17.8 Å². The van der Waals surface area contributed by atoms with Gasteiger partial charge in [0, 0.05) is 29.4 Å². The molecule has 0 saturated heterocycles. The van der Waals surface area contributed by atoms with Gasteiger partial charge in [-0.1, -0.05) is 31.7 Å². The van der Waals surface area contributed by atoms with E-state index in [9.17, 15) is 14.9 Å². The van der Waals surface area contributed by atoms with Crippen LogP contribution >= 0.6 is 11.8 Å². The van der Waals surface area contributed by atoms with Crippen LogP contribution in [0.3, 0.4) is 0 Å². The second kappa shape index (κ2) is 11.4. The summed E-state index contributed by atoms with van der Waals surface area (Å²) in [5.74, 6) is 0.810. The van der Waals surface area contributed by atoms with Crippen molar-refractivity contribution < 1.29 is 19.2 Å². The number of nitro groups is 1. The number of imidazole rings is 1. The molecule has 1 aromatic carbocycles. The first-order valence-corrected chi connectivity index (χ1v) is 11.1. The number of nitro benzene ring substituents is 1. The lowest BCUT2D eigenvalue weighted by Gasteiger charge is -2.14. The normalized spacial score (nSPS) is 11.0. The quantitative estimate of drug-likeness (QED) is 0.251. The number of benzene rings is 1. The third-order valence-electron chi connectivity index (χ3n) is 4.61. The number of non-ortho nitro benzene ring substituents is 1. The summed E-state index contributed by atoms with van der Waals surface area (Å²) in [6, 6.07) is 10.4. The topological polar surface area (TPSA) is 135 Å². The Labute approximate surface area is 195 Å². The van der Waals surface area contributed by atoms with Crippen molar-refractivity contribution in [2.45, 2.75) is 42.8 Å². The number of pyridine rings is 1. The maximum atomic E-state index is 11.2. The predicted octanol–water partition coefficient (Wildman–Crippen LogP) is 4.12. The first kappa shape index (κ1) is 24.2. The molecule has 0 unspecified atom stereocenters. The molecule has 3 aromatic rings. The van der Waals surface area contributed by atoms with Crippen molar-refractivity contribution in [1.82, 2.24) is 14.5 Å². The summed E-state index contributed by atoms with van der Waals surface area (Å²) in [7, 11) is 0. The first-order valence-electron chi connectivity index (χ1n) is 10.3. The van der Waals surface area contributed by atoms with Gasteiger partial charge in [0.15, 0.2) is 0 Å². The second-order valence-corrected chi connectivity index (χ2v) is 8.45. The smallest absolute Gasteiger partial charge is 0.404 e. The Balaban J connectivity index is 1.94. The lowest BCUT2D eigenvalue weighted by molar-refractivity contribution is -0.385. The lowest BCUT2D eigenvalue weighted by atomic mass is 10.1. The van der Waals surface area contributed by atoms with E-state index in [1.807, 2.05) is 36.6 Å². The van der Waals surface area contributed by atoms with E-state index in [1.54, 1.807) is 24.5 Å². The monoisotopic (exact) mass is 471 g/mol. The molecule has 2 heterocycles. The van der Waals surface area contributed by atoms with Gasteiger partial charge >= 0.3 is 6.09 Å². The van der Waals surface area contributed by atoms with Crippen molar-refractivity contribution in [2.75, 3.05) is 13.2 Å². The van der Waals surface area contributed by atoms with Crippen molar-refractivity contribution in [3.63, 3.8) is 0 Å². The van der Waals surface area contributed by atoms with Crippen molar-refractivity contribution in [1.29, 1.82) is 0 Å². The number of primary amides is 1. The van der Waals surface area contributed by atoms with Crippen molar-refractivity contribution >= 4 is 23.5 Å². The van der Waals surface area contributed by atoms with Gasteiger partial charge in [-0.2, -0.15) is 0 Å². The maximum Gasteiger partial charge on any atom is 0.404 e. The Bertz CT molecular complexity index is 1100. The molecule has 0 atom stereocenters. The SMILES string of the molecule is CC(C)c1nc(COCCOC(N)=O)n(Cc2ccncc2)c1Sc1cccc([N+](=O)[O-])c1.